The van der Waals surface area contributed by atoms with E-state index < -0.39 is 0 Å². The summed E-state index contributed by atoms with van der Waals surface area (Å²) in [5.74, 6) is 0.217. The molecule has 0 spiro atoms. The van der Waals surface area contributed by atoms with Crippen LogP contribution >= 0.6 is 0 Å². The normalized spacial score (nSPS) is 27.4. The van der Waals surface area contributed by atoms with E-state index in [1.54, 1.807) is 7.11 Å². The first-order valence-corrected chi connectivity index (χ1v) is 10.9. The van der Waals surface area contributed by atoms with Gasteiger partial charge in [-0.1, -0.05) is 43.5 Å². The van der Waals surface area contributed by atoms with Gasteiger partial charge in [0.1, 0.15) is 12.4 Å². The van der Waals surface area contributed by atoms with Gasteiger partial charge >= 0.3 is 5.97 Å². The van der Waals surface area contributed by atoms with Crippen LogP contribution in [0.25, 0.3) is 0 Å². The fourth-order valence-electron chi connectivity index (χ4n) is 5.17. The smallest absolute Gasteiger partial charge is 0.310 e. The largest absolute Gasteiger partial charge is 0.497 e. The highest BCUT2D eigenvalue weighted by molar-refractivity contribution is 5.87. The second-order valence-electron chi connectivity index (χ2n) is 8.53. The van der Waals surface area contributed by atoms with Crippen LogP contribution in [0.1, 0.15) is 50.5 Å². The number of ether oxygens (including phenoxy) is 2. The zero-order valence-electron chi connectivity index (χ0n) is 17.2. The number of nitrogens with zero attached hydrogens (tertiary/aromatic N) is 1. The number of esters is 1. The molecule has 0 N–H and O–H groups in total. The SMILES string of the molecule is COc1ccc(COC(=O)C2CC=CC3CCN(C4CCCCC4)C(=O)C32)cc1. The van der Waals surface area contributed by atoms with Crippen molar-refractivity contribution in [3.8, 4) is 5.75 Å². The van der Waals surface area contributed by atoms with Crippen LogP contribution in [0.5, 0.6) is 5.75 Å². The number of rotatable bonds is 5. The van der Waals surface area contributed by atoms with Crippen LogP contribution in [0.15, 0.2) is 36.4 Å². The Bertz CT molecular complexity index is 751. The summed E-state index contributed by atoms with van der Waals surface area (Å²) in [5.41, 5.74) is 0.917. The van der Waals surface area contributed by atoms with Crippen molar-refractivity contribution in [1.29, 1.82) is 0 Å². The van der Waals surface area contributed by atoms with Gasteiger partial charge in [-0.05, 0) is 49.3 Å². The van der Waals surface area contributed by atoms with E-state index in [0.29, 0.717) is 12.5 Å². The molecule has 156 valence electrons. The summed E-state index contributed by atoms with van der Waals surface area (Å²) in [4.78, 5) is 28.4. The van der Waals surface area contributed by atoms with Crippen LogP contribution in [0.3, 0.4) is 0 Å². The second-order valence-corrected chi connectivity index (χ2v) is 8.53. The minimum atomic E-state index is -0.373. The Labute approximate surface area is 173 Å². The summed E-state index contributed by atoms with van der Waals surface area (Å²) >= 11 is 0. The van der Waals surface area contributed by atoms with Crippen LogP contribution < -0.4 is 4.74 Å². The van der Waals surface area contributed by atoms with Gasteiger partial charge in [-0.2, -0.15) is 0 Å². The average Bonchev–Trinajstić information content (AvgIpc) is 2.78. The lowest BCUT2D eigenvalue weighted by atomic mass is 9.71. The Morgan fingerprint density at radius 1 is 1.10 bits per heavy atom. The third kappa shape index (κ3) is 4.34. The maximum Gasteiger partial charge on any atom is 0.310 e. The topological polar surface area (TPSA) is 55.8 Å². The van der Waals surface area contributed by atoms with E-state index in [0.717, 1.165) is 37.1 Å². The average molecular weight is 398 g/mol. The van der Waals surface area contributed by atoms with Crippen molar-refractivity contribution in [2.45, 2.75) is 57.6 Å². The summed E-state index contributed by atoms with van der Waals surface area (Å²) < 4.78 is 10.8. The number of benzene rings is 1. The van der Waals surface area contributed by atoms with Crippen LogP contribution in [-0.4, -0.2) is 36.5 Å². The molecule has 5 nitrogen and oxygen atoms in total. The summed E-state index contributed by atoms with van der Waals surface area (Å²) in [5, 5.41) is 0. The molecule has 29 heavy (non-hydrogen) atoms. The van der Waals surface area contributed by atoms with Gasteiger partial charge in [0, 0.05) is 12.6 Å². The van der Waals surface area contributed by atoms with Gasteiger partial charge in [0.25, 0.3) is 0 Å². The van der Waals surface area contributed by atoms with E-state index in [-0.39, 0.29) is 36.2 Å². The molecule has 1 saturated carbocycles. The van der Waals surface area contributed by atoms with E-state index in [2.05, 4.69) is 17.1 Å². The molecule has 0 aromatic heterocycles. The molecule has 1 saturated heterocycles. The van der Waals surface area contributed by atoms with Gasteiger partial charge in [0.2, 0.25) is 5.91 Å². The van der Waals surface area contributed by atoms with Gasteiger partial charge in [-0.25, -0.2) is 0 Å². The molecule has 0 bridgehead atoms. The van der Waals surface area contributed by atoms with E-state index in [1.807, 2.05) is 24.3 Å². The predicted octanol–water partition coefficient (Wildman–Crippen LogP) is 4.11. The van der Waals surface area contributed by atoms with Gasteiger partial charge in [0.15, 0.2) is 0 Å². The zero-order chi connectivity index (χ0) is 20.2. The highest BCUT2D eigenvalue weighted by Crippen LogP contribution is 2.40. The third-order valence-corrected chi connectivity index (χ3v) is 6.80. The highest BCUT2D eigenvalue weighted by atomic mass is 16.5. The van der Waals surface area contributed by atoms with Crippen LogP contribution in [0, 0.1) is 17.8 Å². The highest BCUT2D eigenvalue weighted by Gasteiger charge is 2.46. The van der Waals surface area contributed by atoms with Gasteiger partial charge in [-0.15, -0.1) is 0 Å². The Morgan fingerprint density at radius 3 is 2.59 bits per heavy atom. The Hall–Kier alpha value is -2.30. The Kier molecular flexibility index (Phi) is 6.22. The Balaban J connectivity index is 1.42. The maximum atomic E-state index is 13.4. The van der Waals surface area contributed by atoms with Crippen molar-refractivity contribution in [1.82, 2.24) is 4.90 Å². The molecule has 3 atom stereocenters. The number of likely N-dealkylation sites (tertiary alicyclic amines) is 1. The minimum Gasteiger partial charge on any atom is -0.497 e. The van der Waals surface area contributed by atoms with Crippen molar-refractivity contribution < 1.29 is 19.1 Å². The van der Waals surface area contributed by atoms with Crippen molar-refractivity contribution in [2.75, 3.05) is 13.7 Å². The number of hydrogen-bond donors (Lipinski definition) is 0. The maximum absolute atomic E-state index is 13.4. The number of methoxy groups -OCH3 is 1. The molecule has 3 aliphatic rings. The first kappa shape index (κ1) is 20.0. The molecule has 4 rings (SSSR count). The second kappa shape index (κ2) is 9.02. The minimum absolute atomic E-state index is 0.162. The molecule has 5 heteroatoms. The van der Waals surface area contributed by atoms with Crippen molar-refractivity contribution in [2.24, 2.45) is 17.8 Å². The number of carbonyl (C=O) groups is 2. The quantitative estimate of drug-likeness (QED) is 0.554. The molecule has 1 amide bonds. The molecule has 2 fully saturated rings. The summed E-state index contributed by atoms with van der Waals surface area (Å²) in [7, 11) is 1.62. The number of carbonyl (C=O) groups excluding carboxylic acids is 2. The molecular weight excluding hydrogens is 366 g/mol. The van der Waals surface area contributed by atoms with Gasteiger partial charge in [-0.3, -0.25) is 9.59 Å². The lowest BCUT2D eigenvalue weighted by Crippen LogP contribution is -2.54. The van der Waals surface area contributed by atoms with E-state index in [4.69, 9.17) is 9.47 Å². The third-order valence-electron chi connectivity index (χ3n) is 6.80. The summed E-state index contributed by atoms with van der Waals surface area (Å²) in [6.07, 6.45) is 11.6. The van der Waals surface area contributed by atoms with Crippen molar-refractivity contribution >= 4 is 11.9 Å². The molecular formula is C24H31NO4. The number of hydrogen-bond acceptors (Lipinski definition) is 4. The number of amides is 1. The van der Waals surface area contributed by atoms with Crippen molar-refractivity contribution in [3.05, 3.63) is 42.0 Å². The first-order chi connectivity index (χ1) is 14.2. The summed E-state index contributed by atoms with van der Waals surface area (Å²) in [6.45, 7) is 1.05. The number of piperidine rings is 1. The standard InChI is InChI=1S/C24H31NO4/c1-28-20-12-10-17(11-13-20)16-29-24(27)21-9-5-6-18-14-15-25(23(26)22(18)21)19-7-3-2-4-8-19/h5-6,10-13,18-19,21-22H,2-4,7-9,14-16H2,1H3. The fourth-order valence-corrected chi connectivity index (χ4v) is 5.17. The molecule has 1 aromatic rings. The predicted molar refractivity (Wildman–Crippen MR) is 110 cm³/mol. The fraction of sp³-hybridized carbons (Fsp3) is 0.583. The van der Waals surface area contributed by atoms with Crippen LogP contribution in [-0.2, 0) is 20.9 Å². The number of allylic oxidation sites excluding steroid dienone is 2. The van der Waals surface area contributed by atoms with Crippen molar-refractivity contribution in [3.63, 3.8) is 0 Å². The van der Waals surface area contributed by atoms with E-state index in [1.165, 1.54) is 19.3 Å². The zero-order valence-corrected chi connectivity index (χ0v) is 17.2. The molecule has 1 aromatic carbocycles. The molecule has 1 heterocycles. The molecule has 3 unspecified atom stereocenters. The lowest BCUT2D eigenvalue weighted by molar-refractivity contribution is -0.161. The van der Waals surface area contributed by atoms with E-state index >= 15 is 0 Å². The first-order valence-electron chi connectivity index (χ1n) is 10.9. The monoisotopic (exact) mass is 397 g/mol. The number of fused-ring (bicyclic) bond motifs is 1. The molecule has 1 aliphatic heterocycles. The van der Waals surface area contributed by atoms with E-state index in [9.17, 15) is 9.59 Å². The Morgan fingerprint density at radius 2 is 1.86 bits per heavy atom. The van der Waals surface area contributed by atoms with Gasteiger partial charge in [0.05, 0.1) is 18.9 Å². The van der Waals surface area contributed by atoms with Crippen LogP contribution in [0.2, 0.25) is 0 Å². The van der Waals surface area contributed by atoms with Gasteiger partial charge < -0.3 is 14.4 Å². The lowest BCUT2D eigenvalue weighted by Gasteiger charge is -2.45. The summed E-state index contributed by atoms with van der Waals surface area (Å²) in [6, 6.07) is 7.86. The van der Waals surface area contributed by atoms with Crippen LogP contribution in [0.4, 0.5) is 0 Å². The molecule has 2 aliphatic carbocycles. The molecule has 0 radical (unpaired) electrons.